The van der Waals surface area contributed by atoms with Crippen LogP contribution in [-0.4, -0.2) is 19.9 Å². The Balaban J connectivity index is 0.947. The van der Waals surface area contributed by atoms with Crippen molar-refractivity contribution in [2.75, 3.05) is 0 Å². The number of rotatable bonds is 8. The largest absolute Gasteiger partial charge is 0.248 e. The average Bonchev–Trinajstić information content (AvgIpc) is 3.32. The third-order valence-electron chi connectivity index (χ3n) is 10.5. The Kier molecular flexibility index (Phi) is 9.18. The lowest BCUT2D eigenvalue weighted by Gasteiger charge is -2.12. The van der Waals surface area contributed by atoms with E-state index in [9.17, 15) is 0 Å². The normalized spacial score (nSPS) is 11.1. The first-order valence-corrected chi connectivity index (χ1v) is 19.5. The zero-order chi connectivity index (χ0) is 38.7. The van der Waals surface area contributed by atoms with E-state index in [1.807, 2.05) is 72.8 Å². The fourth-order valence-electron chi connectivity index (χ4n) is 7.52. The van der Waals surface area contributed by atoms with Gasteiger partial charge in [-0.2, -0.15) is 0 Å². The van der Waals surface area contributed by atoms with E-state index in [1.54, 1.807) is 0 Å². The van der Waals surface area contributed by atoms with E-state index in [1.165, 1.54) is 21.9 Å². The molecule has 0 unspecified atom stereocenters. The van der Waals surface area contributed by atoms with Crippen molar-refractivity contribution in [3.63, 3.8) is 0 Å². The summed E-state index contributed by atoms with van der Waals surface area (Å²) in [5.74, 6) is 1.95. The number of hydrogen-bond donors (Lipinski definition) is 0. The van der Waals surface area contributed by atoms with Gasteiger partial charge >= 0.3 is 0 Å². The number of fused-ring (bicyclic) bond motifs is 1. The highest BCUT2D eigenvalue weighted by molar-refractivity contribution is 5.99. The van der Waals surface area contributed by atoms with Crippen LogP contribution in [0.25, 0.3) is 101 Å². The molecule has 2 heterocycles. The molecular weight excluding hydrogens is 705 g/mol. The summed E-state index contributed by atoms with van der Waals surface area (Å²) >= 11 is 0. The molecular formula is C54H36N4. The van der Waals surface area contributed by atoms with Crippen molar-refractivity contribution in [2.45, 2.75) is 0 Å². The van der Waals surface area contributed by atoms with E-state index in [0.29, 0.717) is 17.5 Å². The van der Waals surface area contributed by atoms with Gasteiger partial charge in [-0.3, -0.25) is 0 Å². The van der Waals surface area contributed by atoms with E-state index in [0.717, 1.165) is 61.5 Å². The van der Waals surface area contributed by atoms with Gasteiger partial charge in [-0.05, 0) is 62.4 Å². The first-order chi connectivity index (χ1) is 28.7. The van der Waals surface area contributed by atoms with Gasteiger partial charge in [0.2, 0.25) is 0 Å². The van der Waals surface area contributed by atoms with Crippen LogP contribution in [0.2, 0.25) is 0 Å². The third-order valence-corrected chi connectivity index (χ3v) is 10.5. The third kappa shape index (κ3) is 7.07. The van der Waals surface area contributed by atoms with E-state index < -0.39 is 0 Å². The smallest absolute Gasteiger partial charge is 0.164 e. The zero-order valence-corrected chi connectivity index (χ0v) is 31.6. The Morgan fingerprint density at radius 3 is 1.12 bits per heavy atom. The molecule has 272 valence electrons. The summed E-state index contributed by atoms with van der Waals surface area (Å²) in [4.78, 5) is 19.7. The number of pyridine rings is 1. The van der Waals surface area contributed by atoms with Gasteiger partial charge in [0.25, 0.3) is 0 Å². The summed E-state index contributed by atoms with van der Waals surface area (Å²) in [6, 6.07) is 76.0. The van der Waals surface area contributed by atoms with Crippen LogP contribution < -0.4 is 0 Å². The van der Waals surface area contributed by atoms with Crippen molar-refractivity contribution in [2.24, 2.45) is 0 Å². The second-order valence-electron chi connectivity index (χ2n) is 14.3. The molecule has 0 amide bonds. The summed E-state index contributed by atoms with van der Waals surface area (Å²) in [7, 11) is 0. The second kappa shape index (κ2) is 15.4. The highest BCUT2D eigenvalue weighted by Crippen LogP contribution is 2.35. The molecule has 8 aromatic carbocycles. The molecule has 0 atom stereocenters. The molecule has 0 saturated heterocycles. The predicted octanol–water partition coefficient (Wildman–Crippen LogP) is 13.8. The summed E-state index contributed by atoms with van der Waals surface area (Å²) in [6.07, 6.45) is 0. The maximum atomic E-state index is 5.06. The minimum Gasteiger partial charge on any atom is -0.248 e. The fraction of sp³-hybridized carbons (Fsp3) is 0. The quantitative estimate of drug-likeness (QED) is 0.156. The first kappa shape index (κ1) is 34.7. The van der Waals surface area contributed by atoms with Crippen molar-refractivity contribution < 1.29 is 0 Å². The molecule has 4 nitrogen and oxygen atoms in total. The molecule has 10 rings (SSSR count). The van der Waals surface area contributed by atoms with E-state index in [2.05, 4.69) is 146 Å². The molecule has 10 aromatic rings. The van der Waals surface area contributed by atoms with E-state index in [-0.39, 0.29) is 0 Å². The number of hydrogen-bond acceptors (Lipinski definition) is 4. The van der Waals surface area contributed by atoms with Gasteiger partial charge in [-0.15, -0.1) is 0 Å². The molecule has 4 heteroatoms. The van der Waals surface area contributed by atoms with Crippen molar-refractivity contribution in [1.29, 1.82) is 0 Å². The fourth-order valence-corrected chi connectivity index (χ4v) is 7.52. The summed E-state index contributed by atoms with van der Waals surface area (Å²) in [5, 5.41) is 2.40. The lowest BCUT2D eigenvalue weighted by Crippen LogP contribution is -2.00. The SMILES string of the molecule is c1ccc(-c2cc(-c3ccc(-c4cccc5cc(-c6ccc(-c7nc(-c8ccccc8)nc(-c8ccccc8)n7)cc6)ccc45)cc3)cc(-c3ccccc3)n2)cc1. The minimum absolute atomic E-state index is 0.644. The first-order valence-electron chi connectivity index (χ1n) is 19.5. The van der Waals surface area contributed by atoms with Gasteiger partial charge in [0.15, 0.2) is 17.5 Å². The van der Waals surface area contributed by atoms with Gasteiger partial charge in [0.1, 0.15) is 0 Å². The lowest BCUT2D eigenvalue weighted by molar-refractivity contribution is 1.07. The van der Waals surface area contributed by atoms with Gasteiger partial charge in [-0.1, -0.05) is 200 Å². The van der Waals surface area contributed by atoms with E-state index in [4.69, 9.17) is 19.9 Å². The molecule has 0 aliphatic carbocycles. The number of benzene rings is 8. The maximum absolute atomic E-state index is 5.06. The van der Waals surface area contributed by atoms with Crippen LogP contribution in [0, 0.1) is 0 Å². The monoisotopic (exact) mass is 740 g/mol. The Morgan fingerprint density at radius 2 is 0.621 bits per heavy atom. The van der Waals surface area contributed by atoms with Crippen LogP contribution in [0.5, 0.6) is 0 Å². The highest BCUT2D eigenvalue weighted by Gasteiger charge is 2.14. The van der Waals surface area contributed by atoms with Gasteiger partial charge in [-0.25, -0.2) is 19.9 Å². The van der Waals surface area contributed by atoms with Crippen molar-refractivity contribution in [1.82, 2.24) is 19.9 Å². The predicted molar refractivity (Wildman–Crippen MR) is 239 cm³/mol. The van der Waals surface area contributed by atoms with Gasteiger partial charge < -0.3 is 0 Å². The summed E-state index contributed by atoms with van der Waals surface area (Å²) < 4.78 is 0. The van der Waals surface area contributed by atoms with Gasteiger partial charge in [0.05, 0.1) is 11.4 Å². The molecule has 2 aromatic heterocycles. The van der Waals surface area contributed by atoms with Crippen molar-refractivity contribution >= 4 is 10.8 Å². The Bertz CT molecular complexity index is 2890. The Labute approximate surface area is 337 Å². The van der Waals surface area contributed by atoms with Crippen LogP contribution in [0.4, 0.5) is 0 Å². The topological polar surface area (TPSA) is 51.6 Å². The summed E-state index contributed by atoms with van der Waals surface area (Å²) in [5.41, 5.74) is 13.9. The van der Waals surface area contributed by atoms with Crippen LogP contribution in [0.15, 0.2) is 218 Å². The molecule has 58 heavy (non-hydrogen) atoms. The highest BCUT2D eigenvalue weighted by atomic mass is 15.0. The molecule has 0 bridgehead atoms. The molecule has 0 radical (unpaired) electrons. The maximum Gasteiger partial charge on any atom is 0.164 e. The zero-order valence-electron chi connectivity index (χ0n) is 31.6. The van der Waals surface area contributed by atoms with Crippen LogP contribution in [0.3, 0.4) is 0 Å². The molecule has 0 N–H and O–H groups in total. The molecule has 0 aliphatic heterocycles. The number of nitrogens with zero attached hydrogens (tertiary/aromatic N) is 4. The van der Waals surface area contributed by atoms with E-state index >= 15 is 0 Å². The van der Waals surface area contributed by atoms with Gasteiger partial charge in [0, 0.05) is 27.8 Å². The van der Waals surface area contributed by atoms with Crippen LogP contribution in [-0.2, 0) is 0 Å². The lowest BCUT2D eigenvalue weighted by atomic mass is 9.93. The van der Waals surface area contributed by atoms with Crippen molar-refractivity contribution in [3.8, 4) is 90.1 Å². The Morgan fingerprint density at radius 1 is 0.224 bits per heavy atom. The molecule has 0 aliphatic rings. The standard InChI is InChI=1S/C54H36N4/c1-5-14-40(15-6-1)50-35-47(36-51(55-50)41-16-7-2-8-17-41)38-24-28-39(29-25-38)48-23-13-22-46-34-45(32-33-49(46)48)37-26-30-44(31-27-37)54-57-52(42-18-9-3-10-19-42)56-53(58-54)43-20-11-4-12-21-43/h1-36H. The molecule has 0 spiro atoms. The molecule has 0 fully saturated rings. The average molecular weight is 741 g/mol. The minimum atomic E-state index is 0.644. The molecule has 0 saturated carbocycles. The second-order valence-corrected chi connectivity index (χ2v) is 14.3. The number of aromatic nitrogens is 4. The van der Waals surface area contributed by atoms with Crippen LogP contribution in [0.1, 0.15) is 0 Å². The summed E-state index contributed by atoms with van der Waals surface area (Å²) in [6.45, 7) is 0. The van der Waals surface area contributed by atoms with Crippen molar-refractivity contribution in [3.05, 3.63) is 218 Å². The Hall–Kier alpha value is -7.82. The van der Waals surface area contributed by atoms with Crippen LogP contribution >= 0.6 is 0 Å².